The molecule has 4 aromatic rings. The van der Waals surface area contributed by atoms with Crippen molar-refractivity contribution in [3.63, 3.8) is 0 Å². The highest BCUT2D eigenvalue weighted by Gasteiger charge is 2.46. The summed E-state index contributed by atoms with van der Waals surface area (Å²) in [7, 11) is 0. The van der Waals surface area contributed by atoms with Crippen LogP contribution < -0.4 is 5.32 Å². The molecule has 1 aromatic heterocycles. The Morgan fingerprint density at radius 1 is 1.00 bits per heavy atom. The van der Waals surface area contributed by atoms with Gasteiger partial charge in [0.15, 0.2) is 0 Å². The fourth-order valence-electron chi connectivity index (χ4n) is 5.28. The molecule has 1 saturated heterocycles. The van der Waals surface area contributed by atoms with Crippen molar-refractivity contribution in [1.82, 2.24) is 9.47 Å². The summed E-state index contributed by atoms with van der Waals surface area (Å²) >= 11 is 0. The van der Waals surface area contributed by atoms with Crippen molar-refractivity contribution in [1.29, 1.82) is 0 Å². The molecule has 170 valence electrons. The second kappa shape index (κ2) is 7.73. The van der Waals surface area contributed by atoms with Gasteiger partial charge in [0, 0.05) is 46.0 Å². The number of carbonyl (C=O) groups is 3. The monoisotopic (exact) mass is 453 g/mol. The third-order valence-corrected chi connectivity index (χ3v) is 6.83. The summed E-state index contributed by atoms with van der Waals surface area (Å²) in [6.07, 6.45) is -0.269. The average molecular weight is 453 g/mol. The molecule has 0 radical (unpaired) electrons. The number of para-hydroxylation sites is 1. The summed E-state index contributed by atoms with van der Waals surface area (Å²) in [6, 6.07) is 20.4. The van der Waals surface area contributed by atoms with E-state index in [0.717, 1.165) is 28.4 Å². The molecular formula is C27H23N3O4. The molecule has 34 heavy (non-hydrogen) atoms. The van der Waals surface area contributed by atoms with Crippen LogP contribution in [-0.4, -0.2) is 33.3 Å². The highest BCUT2D eigenvalue weighted by atomic mass is 16.6. The van der Waals surface area contributed by atoms with E-state index in [1.807, 2.05) is 30.3 Å². The van der Waals surface area contributed by atoms with Gasteiger partial charge in [-0.25, -0.2) is 4.79 Å². The number of ether oxygens (including phenoxy) is 1. The van der Waals surface area contributed by atoms with Gasteiger partial charge in [0.05, 0.1) is 5.56 Å². The van der Waals surface area contributed by atoms with Crippen LogP contribution in [0.4, 0.5) is 5.69 Å². The van der Waals surface area contributed by atoms with Gasteiger partial charge in [-0.2, -0.15) is 0 Å². The topological polar surface area (TPSA) is 80.6 Å². The maximum Gasteiger partial charge on any atom is 0.340 e. The van der Waals surface area contributed by atoms with Gasteiger partial charge in [0.2, 0.25) is 18.0 Å². The van der Waals surface area contributed by atoms with E-state index in [1.54, 1.807) is 24.3 Å². The molecule has 2 aliphatic heterocycles. The number of cyclic esters (lactones) is 1. The molecular weight excluding hydrogens is 430 g/mol. The van der Waals surface area contributed by atoms with Crippen LogP contribution in [0.25, 0.3) is 21.8 Å². The molecule has 7 heteroatoms. The van der Waals surface area contributed by atoms with Crippen LogP contribution in [0.5, 0.6) is 0 Å². The van der Waals surface area contributed by atoms with Crippen molar-refractivity contribution in [2.45, 2.75) is 38.6 Å². The minimum atomic E-state index is -0.876. The smallest absolute Gasteiger partial charge is 0.340 e. The number of rotatable bonds is 4. The molecule has 0 unspecified atom stereocenters. The van der Waals surface area contributed by atoms with Gasteiger partial charge >= 0.3 is 5.97 Å². The van der Waals surface area contributed by atoms with Crippen molar-refractivity contribution in [3.8, 4) is 0 Å². The van der Waals surface area contributed by atoms with E-state index in [-0.39, 0.29) is 18.2 Å². The predicted octanol–water partition coefficient (Wildman–Crippen LogP) is 4.61. The molecule has 0 saturated carbocycles. The first-order chi connectivity index (χ1) is 16.6. The van der Waals surface area contributed by atoms with Gasteiger partial charge in [0.25, 0.3) is 0 Å². The van der Waals surface area contributed by atoms with Crippen LogP contribution in [0.15, 0.2) is 66.7 Å². The largest absolute Gasteiger partial charge is 0.433 e. The molecule has 0 spiro atoms. The van der Waals surface area contributed by atoms with E-state index in [2.05, 4.69) is 28.9 Å². The average Bonchev–Trinajstić information content (AvgIpc) is 3.50. The highest BCUT2D eigenvalue weighted by molar-refractivity contribution is 6.10. The number of esters is 1. The van der Waals surface area contributed by atoms with Gasteiger partial charge in [-0.15, -0.1) is 0 Å². The fraction of sp³-hybridized carbons (Fsp3) is 0.222. The summed E-state index contributed by atoms with van der Waals surface area (Å²) in [5.41, 5.74) is 3.98. The Morgan fingerprint density at radius 3 is 2.62 bits per heavy atom. The van der Waals surface area contributed by atoms with Crippen LogP contribution in [0.3, 0.4) is 0 Å². The first-order valence-electron chi connectivity index (χ1n) is 11.5. The van der Waals surface area contributed by atoms with E-state index in [0.29, 0.717) is 23.2 Å². The normalized spacial score (nSPS) is 19.6. The first kappa shape index (κ1) is 20.5. The minimum Gasteiger partial charge on any atom is -0.433 e. The second-order valence-corrected chi connectivity index (χ2v) is 8.68. The molecule has 1 N–H and O–H groups in total. The highest BCUT2D eigenvalue weighted by Crippen LogP contribution is 2.38. The van der Waals surface area contributed by atoms with Crippen molar-refractivity contribution in [2.75, 3.05) is 5.32 Å². The van der Waals surface area contributed by atoms with Crippen molar-refractivity contribution >= 4 is 45.3 Å². The quantitative estimate of drug-likeness (QED) is 0.458. The number of aryl methyl sites for hydroxylation is 1. The number of hydrogen-bond acceptors (Lipinski definition) is 4. The summed E-state index contributed by atoms with van der Waals surface area (Å²) in [5.74, 6) is -0.960. The number of anilines is 1. The predicted molar refractivity (Wildman–Crippen MR) is 128 cm³/mol. The van der Waals surface area contributed by atoms with E-state index >= 15 is 0 Å². The molecule has 3 heterocycles. The Morgan fingerprint density at radius 2 is 1.76 bits per heavy atom. The first-order valence-corrected chi connectivity index (χ1v) is 11.5. The SMILES string of the molecule is CCn1c2ccccc2c2cc(NC(=O)[C@@H]3CCC(=O)N3[C@@H]3OC(=O)c4ccccc43)ccc21. The minimum absolute atomic E-state index is 0.198. The molecule has 6 rings (SSSR count). The molecule has 0 bridgehead atoms. The van der Waals surface area contributed by atoms with Gasteiger partial charge in [-0.05, 0) is 43.7 Å². The Balaban J connectivity index is 1.31. The number of carbonyl (C=O) groups excluding carboxylic acids is 3. The number of fused-ring (bicyclic) bond motifs is 4. The standard InChI is InChI=1S/C27H23N3O4/c1-2-29-21-10-6-5-7-17(21)20-15-16(11-12-22(20)29)28-25(32)23-13-14-24(31)30(23)26-18-8-3-4-9-19(18)27(33)34-26/h3-12,15,23,26H,2,13-14H2,1H3,(H,28,32)/t23-,26+/m0/s1. The van der Waals surface area contributed by atoms with Crippen LogP contribution in [-0.2, 0) is 20.9 Å². The zero-order chi connectivity index (χ0) is 23.4. The van der Waals surface area contributed by atoms with Crippen LogP contribution in [0.1, 0.15) is 41.9 Å². The Labute approximate surface area is 195 Å². The molecule has 1 fully saturated rings. The lowest BCUT2D eigenvalue weighted by Gasteiger charge is -2.29. The molecule has 2 atom stereocenters. The van der Waals surface area contributed by atoms with E-state index in [1.165, 1.54) is 4.90 Å². The van der Waals surface area contributed by atoms with Gasteiger partial charge in [0.1, 0.15) is 6.04 Å². The van der Waals surface area contributed by atoms with Gasteiger partial charge in [-0.3, -0.25) is 14.5 Å². The maximum absolute atomic E-state index is 13.3. The van der Waals surface area contributed by atoms with Crippen LogP contribution in [0.2, 0.25) is 0 Å². The Hall–Kier alpha value is -4.13. The maximum atomic E-state index is 13.3. The number of amides is 2. The van der Waals surface area contributed by atoms with Crippen molar-refractivity contribution < 1.29 is 19.1 Å². The number of hydrogen-bond donors (Lipinski definition) is 1. The number of aromatic nitrogens is 1. The van der Waals surface area contributed by atoms with Crippen LogP contribution in [0, 0.1) is 0 Å². The van der Waals surface area contributed by atoms with Gasteiger partial charge in [-0.1, -0.05) is 36.4 Å². The summed E-state index contributed by atoms with van der Waals surface area (Å²) in [4.78, 5) is 39.8. The van der Waals surface area contributed by atoms with Crippen molar-refractivity contribution in [2.24, 2.45) is 0 Å². The number of benzene rings is 3. The third-order valence-electron chi connectivity index (χ3n) is 6.83. The number of nitrogens with zero attached hydrogens (tertiary/aromatic N) is 2. The van der Waals surface area contributed by atoms with Crippen LogP contribution >= 0.6 is 0 Å². The lowest BCUT2D eigenvalue weighted by Crippen LogP contribution is -2.43. The van der Waals surface area contributed by atoms with Crippen molar-refractivity contribution in [3.05, 3.63) is 77.9 Å². The van der Waals surface area contributed by atoms with E-state index in [4.69, 9.17) is 4.74 Å². The molecule has 2 amide bonds. The fourth-order valence-corrected chi connectivity index (χ4v) is 5.28. The molecule has 3 aromatic carbocycles. The summed E-state index contributed by atoms with van der Waals surface area (Å²) < 4.78 is 7.77. The number of likely N-dealkylation sites (tertiary alicyclic amines) is 1. The Kier molecular flexibility index (Phi) is 4.65. The third kappa shape index (κ3) is 3.00. The summed E-state index contributed by atoms with van der Waals surface area (Å²) in [6.45, 7) is 2.96. The second-order valence-electron chi connectivity index (χ2n) is 8.68. The van der Waals surface area contributed by atoms with E-state index in [9.17, 15) is 14.4 Å². The number of nitrogens with one attached hydrogen (secondary N) is 1. The van der Waals surface area contributed by atoms with E-state index < -0.39 is 18.2 Å². The zero-order valence-corrected chi connectivity index (χ0v) is 18.7. The van der Waals surface area contributed by atoms with Gasteiger partial charge < -0.3 is 14.6 Å². The molecule has 7 nitrogen and oxygen atoms in total. The summed E-state index contributed by atoms with van der Waals surface area (Å²) in [5, 5.41) is 5.19. The molecule has 2 aliphatic rings. The lowest BCUT2D eigenvalue weighted by molar-refractivity contribution is -0.144. The molecule has 0 aliphatic carbocycles. The lowest BCUT2D eigenvalue weighted by atomic mass is 10.1. The Bertz CT molecular complexity index is 1490. The zero-order valence-electron chi connectivity index (χ0n) is 18.7.